The number of rotatable bonds is 0. The van der Waals surface area contributed by atoms with E-state index in [0.717, 1.165) is 6.07 Å². The fraction of sp³-hybridized carbons (Fsp3) is 0.462. The van der Waals surface area contributed by atoms with Crippen LogP contribution in [0.15, 0.2) is 12.1 Å². The summed E-state index contributed by atoms with van der Waals surface area (Å²) >= 11 is 0. The van der Waals surface area contributed by atoms with Gasteiger partial charge in [0, 0.05) is 24.6 Å². The summed E-state index contributed by atoms with van der Waals surface area (Å²) in [5.74, 6) is -1.24. The molecule has 0 aromatic heterocycles. The Labute approximate surface area is 103 Å². The van der Waals surface area contributed by atoms with Crippen LogP contribution < -0.4 is 10.1 Å². The van der Waals surface area contributed by atoms with Crippen LogP contribution in [0.2, 0.25) is 0 Å². The summed E-state index contributed by atoms with van der Waals surface area (Å²) in [6, 6.07) is 2.12. The molecular weight excluding hydrogens is 240 g/mol. The summed E-state index contributed by atoms with van der Waals surface area (Å²) in [4.78, 5) is 11.4. The van der Waals surface area contributed by atoms with Crippen LogP contribution in [0, 0.1) is 11.6 Å². The molecule has 0 bridgehead atoms. The lowest BCUT2D eigenvalue weighted by atomic mass is 9.83. The maximum Gasteiger partial charge on any atom is 0.224 e. The highest BCUT2D eigenvalue weighted by atomic mass is 19.1. The van der Waals surface area contributed by atoms with Gasteiger partial charge in [-0.3, -0.25) is 4.79 Å². The number of amides is 1. The summed E-state index contributed by atoms with van der Waals surface area (Å²) in [5.41, 5.74) is -0.0716. The SMILES string of the molecule is O=C1CC2(CCN1)CCc1cc(F)cc(F)c1O2. The van der Waals surface area contributed by atoms with Gasteiger partial charge in [-0.2, -0.15) is 0 Å². The Bertz CT molecular complexity index is 518. The lowest BCUT2D eigenvalue weighted by Crippen LogP contribution is -2.50. The monoisotopic (exact) mass is 253 g/mol. The van der Waals surface area contributed by atoms with Gasteiger partial charge < -0.3 is 10.1 Å². The Morgan fingerprint density at radius 3 is 2.89 bits per heavy atom. The number of benzene rings is 1. The van der Waals surface area contributed by atoms with E-state index in [0.29, 0.717) is 31.4 Å². The first-order valence-corrected chi connectivity index (χ1v) is 6.02. The van der Waals surface area contributed by atoms with Gasteiger partial charge in [-0.1, -0.05) is 0 Å². The molecule has 1 N–H and O–H groups in total. The van der Waals surface area contributed by atoms with Crippen molar-refractivity contribution in [2.45, 2.75) is 31.3 Å². The smallest absolute Gasteiger partial charge is 0.224 e. The van der Waals surface area contributed by atoms with Gasteiger partial charge in [-0.15, -0.1) is 0 Å². The number of hydrogen-bond acceptors (Lipinski definition) is 2. The molecule has 1 atom stereocenters. The predicted octanol–water partition coefficient (Wildman–Crippen LogP) is 1.94. The molecule has 1 amide bonds. The molecule has 0 aliphatic carbocycles. The summed E-state index contributed by atoms with van der Waals surface area (Å²) < 4.78 is 32.5. The van der Waals surface area contributed by atoms with Crippen LogP contribution in [0.25, 0.3) is 0 Å². The van der Waals surface area contributed by atoms with Crippen LogP contribution in [-0.2, 0) is 11.2 Å². The molecular formula is C13H13F2NO2. The molecule has 3 rings (SSSR count). The van der Waals surface area contributed by atoms with Gasteiger partial charge in [-0.05, 0) is 18.9 Å². The minimum absolute atomic E-state index is 0.0766. The number of carbonyl (C=O) groups is 1. The van der Waals surface area contributed by atoms with Gasteiger partial charge in [0.05, 0.1) is 6.42 Å². The summed E-state index contributed by atoms with van der Waals surface area (Å²) in [7, 11) is 0. The quantitative estimate of drug-likeness (QED) is 0.767. The number of halogens is 2. The van der Waals surface area contributed by atoms with E-state index in [1.807, 2.05) is 0 Å². The van der Waals surface area contributed by atoms with Gasteiger partial charge in [0.15, 0.2) is 11.6 Å². The number of carbonyl (C=O) groups excluding carboxylic acids is 1. The van der Waals surface area contributed by atoms with E-state index in [-0.39, 0.29) is 18.1 Å². The Hall–Kier alpha value is -1.65. The zero-order valence-corrected chi connectivity index (χ0v) is 9.76. The zero-order chi connectivity index (χ0) is 12.8. The Kier molecular flexibility index (Phi) is 2.50. The molecule has 2 aliphatic rings. The normalized spacial score (nSPS) is 26.4. The molecule has 1 unspecified atom stereocenters. The number of hydrogen-bond donors (Lipinski definition) is 1. The van der Waals surface area contributed by atoms with Crippen molar-refractivity contribution in [1.82, 2.24) is 5.32 Å². The van der Waals surface area contributed by atoms with Crippen LogP contribution in [0.5, 0.6) is 5.75 Å². The van der Waals surface area contributed by atoms with E-state index < -0.39 is 17.2 Å². The fourth-order valence-corrected chi connectivity index (χ4v) is 2.72. The molecule has 1 fully saturated rings. The first-order chi connectivity index (χ1) is 8.58. The van der Waals surface area contributed by atoms with Gasteiger partial charge in [0.25, 0.3) is 0 Å². The van der Waals surface area contributed by atoms with Crippen molar-refractivity contribution in [3.05, 3.63) is 29.3 Å². The second kappa shape index (κ2) is 3.93. The minimum Gasteiger partial charge on any atom is -0.483 e. The lowest BCUT2D eigenvalue weighted by molar-refractivity contribution is -0.129. The molecule has 1 spiro atoms. The van der Waals surface area contributed by atoms with Crippen LogP contribution in [-0.4, -0.2) is 18.1 Å². The molecule has 0 radical (unpaired) electrons. The van der Waals surface area contributed by atoms with E-state index >= 15 is 0 Å². The van der Waals surface area contributed by atoms with Crippen molar-refractivity contribution < 1.29 is 18.3 Å². The van der Waals surface area contributed by atoms with Crippen molar-refractivity contribution in [1.29, 1.82) is 0 Å². The van der Waals surface area contributed by atoms with Crippen molar-refractivity contribution in [3.8, 4) is 5.75 Å². The van der Waals surface area contributed by atoms with Crippen molar-refractivity contribution >= 4 is 5.91 Å². The third-order valence-corrected chi connectivity index (χ3v) is 3.64. The standard InChI is InChI=1S/C13H13F2NO2/c14-9-5-8-1-2-13(3-4-16-11(17)7-13)18-12(8)10(15)6-9/h5-6H,1-4,7H2,(H,16,17). The third kappa shape index (κ3) is 1.83. The molecule has 3 nitrogen and oxygen atoms in total. The molecule has 1 saturated heterocycles. The van der Waals surface area contributed by atoms with E-state index in [2.05, 4.69) is 5.32 Å². The zero-order valence-electron chi connectivity index (χ0n) is 9.76. The predicted molar refractivity (Wildman–Crippen MR) is 60.3 cm³/mol. The first kappa shape index (κ1) is 11.4. The number of piperidine rings is 1. The first-order valence-electron chi connectivity index (χ1n) is 6.02. The van der Waals surface area contributed by atoms with Crippen molar-refractivity contribution in [2.75, 3.05) is 6.54 Å². The van der Waals surface area contributed by atoms with Crippen molar-refractivity contribution in [2.24, 2.45) is 0 Å². The Balaban J connectivity index is 1.95. The van der Waals surface area contributed by atoms with Gasteiger partial charge in [0.2, 0.25) is 5.91 Å². The largest absolute Gasteiger partial charge is 0.483 e. The Morgan fingerprint density at radius 1 is 1.28 bits per heavy atom. The average Bonchev–Trinajstić information content (AvgIpc) is 2.30. The van der Waals surface area contributed by atoms with Gasteiger partial charge in [0.1, 0.15) is 11.4 Å². The molecule has 5 heteroatoms. The molecule has 18 heavy (non-hydrogen) atoms. The Morgan fingerprint density at radius 2 is 2.11 bits per heavy atom. The van der Waals surface area contributed by atoms with Crippen LogP contribution >= 0.6 is 0 Å². The van der Waals surface area contributed by atoms with E-state index in [4.69, 9.17) is 4.74 Å². The molecule has 96 valence electrons. The third-order valence-electron chi connectivity index (χ3n) is 3.64. The fourth-order valence-electron chi connectivity index (χ4n) is 2.72. The summed E-state index contributed by atoms with van der Waals surface area (Å²) in [6.45, 7) is 0.539. The topological polar surface area (TPSA) is 38.3 Å². The number of aryl methyl sites for hydroxylation is 1. The summed E-state index contributed by atoms with van der Waals surface area (Å²) in [5, 5.41) is 2.73. The average molecular weight is 253 g/mol. The van der Waals surface area contributed by atoms with Gasteiger partial charge >= 0.3 is 0 Å². The maximum absolute atomic E-state index is 13.7. The highest BCUT2D eigenvalue weighted by Gasteiger charge is 2.41. The second-order valence-electron chi connectivity index (χ2n) is 4.94. The molecule has 0 saturated carbocycles. The molecule has 1 aromatic rings. The lowest BCUT2D eigenvalue weighted by Gasteiger charge is -2.41. The number of ether oxygens (including phenoxy) is 1. The van der Waals surface area contributed by atoms with Crippen LogP contribution in [0.3, 0.4) is 0 Å². The molecule has 1 aromatic carbocycles. The second-order valence-corrected chi connectivity index (χ2v) is 4.94. The van der Waals surface area contributed by atoms with E-state index in [1.54, 1.807) is 0 Å². The minimum atomic E-state index is -0.685. The molecule has 2 heterocycles. The maximum atomic E-state index is 13.7. The van der Waals surface area contributed by atoms with E-state index in [1.165, 1.54) is 6.07 Å². The van der Waals surface area contributed by atoms with E-state index in [9.17, 15) is 13.6 Å². The number of nitrogens with one attached hydrogen (secondary N) is 1. The highest BCUT2D eigenvalue weighted by molar-refractivity contribution is 5.78. The summed E-state index contributed by atoms with van der Waals surface area (Å²) in [6.07, 6.45) is 2.06. The van der Waals surface area contributed by atoms with Crippen molar-refractivity contribution in [3.63, 3.8) is 0 Å². The number of fused-ring (bicyclic) bond motifs is 1. The van der Waals surface area contributed by atoms with Crippen LogP contribution in [0.1, 0.15) is 24.8 Å². The molecule has 2 aliphatic heterocycles. The highest BCUT2D eigenvalue weighted by Crippen LogP contribution is 2.40. The van der Waals surface area contributed by atoms with Gasteiger partial charge in [-0.25, -0.2) is 8.78 Å². The van der Waals surface area contributed by atoms with Crippen LogP contribution in [0.4, 0.5) is 8.78 Å².